The van der Waals surface area contributed by atoms with Crippen molar-refractivity contribution in [1.82, 2.24) is 9.88 Å². The molecule has 2 heterocycles. The molecule has 6 nitrogen and oxygen atoms in total. The molecule has 0 spiro atoms. The van der Waals surface area contributed by atoms with Crippen LogP contribution in [0.3, 0.4) is 0 Å². The van der Waals surface area contributed by atoms with Gasteiger partial charge in [0.2, 0.25) is 0 Å². The molecule has 6 heteroatoms. The van der Waals surface area contributed by atoms with E-state index in [2.05, 4.69) is 52.1 Å². The van der Waals surface area contributed by atoms with E-state index in [-0.39, 0.29) is 5.56 Å². The Morgan fingerprint density at radius 1 is 1.10 bits per heavy atom. The van der Waals surface area contributed by atoms with Gasteiger partial charge in [0.25, 0.3) is 0 Å². The van der Waals surface area contributed by atoms with Crippen LogP contribution in [0.5, 0.6) is 0 Å². The minimum absolute atomic E-state index is 0.213. The predicted octanol–water partition coefficient (Wildman–Crippen LogP) is 3.93. The highest BCUT2D eigenvalue weighted by molar-refractivity contribution is 5.89. The van der Waals surface area contributed by atoms with Gasteiger partial charge in [-0.1, -0.05) is 42.2 Å². The van der Waals surface area contributed by atoms with Crippen LogP contribution in [0.25, 0.3) is 0 Å². The Hall–Kier alpha value is -2.60. The van der Waals surface area contributed by atoms with E-state index >= 15 is 0 Å². The number of rotatable bonds is 8. The minimum Gasteiger partial charge on any atom is -0.478 e. The van der Waals surface area contributed by atoms with Gasteiger partial charge in [-0.2, -0.15) is 0 Å². The molecule has 30 heavy (non-hydrogen) atoms. The SMILES string of the molecule is Cc1cc(C)cc(CNc2cc(C(=O)O)cnc2N2CCN(CCC3CC3)CC2)c1. The van der Waals surface area contributed by atoms with Gasteiger partial charge in [0.05, 0.1) is 11.3 Å². The van der Waals surface area contributed by atoms with Crippen molar-refractivity contribution in [1.29, 1.82) is 0 Å². The minimum atomic E-state index is -0.951. The van der Waals surface area contributed by atoms with Crippen LogP contribution in [0.2, 0.25) is 0 Å². The van der Waals surface area contributed by atoms with Crippen LogP contribution in [0, 0.1) is 19.8 Å². The summed E-state index contributed by atoms with van der Waals surface area (Å²) in [6.45, 7) is 9.93. The number of nitrogens with zero attached hydrogens (tertiary/aromatic N) is 3. The number of aromatic carboxylic acids is 1. The quantitative estimate of drug-likeness (QED) is 0.690. The van der Waals surface area contributed by atoms with Gasteiger partial charge in [0.15, 0.2) is 5.82 Å². The van der Waals surface area contributed by atoms with Crippen LogP contribution in [-0.2, 0) is 6.54 Å². The zero-order chi connectivity index (χ0) is 21.1. The topological polar surface area (TPSA) is 68.7 Å². The Kier molecular flexibility index (Phi) is 6.23. The number of aromatic nitrogens is 1. The molecule has 0 atom stereocenters. The van der Waals surface area contributed by atoms with E-state index in [4.69, 9.17) is 0 Å². The molecule has 1 aromatic carbocycles. The van der Waals surface area contributed by atoms with Crippen LogP contribution in [0.1, 0.15) is 46.3 Å². The van der Waals surface area contributed by atoms with Crippen LogP contribution in [0.4, 0.5) is 11.5 Å². The number of piperazine rings is 1. The van der Waals surface area contributed by atoms with E-state index in [1.54, 1.807) is 6.07 Å². The Balaban J connectivity index is 1.46. The number of benzene rings is 1. The fourth-order valence-electron chi connectivity index (χ4n) is 4.28. The molecule has 1 saturated carbocycles. The number of carboxylic acids is 1. The van der Waals surface area contributed by atoms with Crippen LogP contribution >= 0.6 is 0 Å². The van der Waals surface area contributed by atoms with Crippen molar-refractivity contribution in [2.75, 3.05) is 42.9 Å². The van der Waals surface area contributed by atoms with Crippen molar-refractivity contribution in [2.24, 2.45) is 5.92 Å². The molecule has 1 aliphatic heterocycles. The molecule has 1 aromatic heterocycles. The summed E-state index contributed by atoms with van der Waals surface area (Å²) in [6.07, 6.45) is 5.62. The number of carbonyl (C=O) groups is 1. The highest BCUT2D eigenvalue weighted by Crippen LogP contribution is 2.32. The average Bonchev–Trinajstić information content (AvgIpc) is 3.55. The van der Waals surface area contributed by atoms with Gasteiger partial charge in [-0.05, 0) is 44.4 Å². The van der Waals surface area contributed by atoms with Crippen LogP contribution in [-0.4, -0.2) is 53.7 Å². The van der Waals surface area contributed by atoms with Crippen molar-refractivity contribution in [3.8, 4) is 0 Å². The highest BCUT2D eigenvalue weighted by Gasteiger charge is 2.25. The van der Waals surface area contributed by atoms with Gasteiger partial charge in [0, 0.05) is 38.9 Å². The maximum atomic E-state index is 11.5. The number of hydrogen-bond donors (Lipinski definition) is 2. The molecule has 0 bridgehead atoms. The summed E-state index contributed by atoms with van der Waals surface area (Å²) < 4.78 is 0. The second-order valence-corrected chi connectivity index (χ2v) is 8.81. The summed E-state index contributed by atoms with van der Waals surface area (Å²) in [5, 5.41) is 12.9. The molecule has 1 aliphatic carbocycles. The number of hydrogen-bond acceptors (Lipinski definition) is 5. The first-order valence-corrected chi connectivity index (χ1v) is 11.0. The predicted molar refractivity (Wildman–Crippen MR) is 120 cm³/mol. The lowest BCUT2D eigenvalue weighted by Gasteiger charge is -2.36. The zero-order valence-electron chi connectivity index (χ0n) is 18.0. The van der Waals surface area contributed by atoms with E-state index in [1.165, 1.54) is 48.7 Å². The molecule has 0 unspecified atom stereocenters. The molecule has 2 fully saturated rings. The summed E-state index contributed by atoms with van der Waals surface area (Å²) in [5.74, 6) is 0.869. The smallest absolute Gasteiger partial charge is 0.337 e. The van der Waals surface area contributed by atoms with Crippen LogP contribution < -0.4 is 10.2 Å². The number of nitrogens with one attached hydrogen (secondary N) is 1. The third kappa shape index (κ3) is 5.30. The van der Waals surface area contributed by atoms with Gasteiger partial charge in [-0.15, -0.1) is 0 Å². The van der Waals surface area contributed by atoms with E-state index in [1.807, 2.05) is 0 Å². The van der Waals surface area contributed by atoms with Gasteiger partial charge in [0.1, 0.15) is 0 Å². The van der Waals surface area contributed by atoms with Crippen LogP contribution in [0.15, 0.2) is 30.5 Å². The first kappa shape index (κ1) is 20.7. The highest BCUT2D eigenvalue weighted by atomic mass is 16.4. The molecule has 160 valence electrons. The fraction of sp³-hybridized carbons (Fsp3) is 0.500. The number of anilines is 2. The van der Waals surface area contributed by atoms with Gasteiger partial charge in [-0.3, -0.25) is 4.90 Å². The van der Waals surface area contributed by atoms with Crippen molar-refractivity contribution in [3.63, 3.8) is 0 Å². The Morgan fingerprint density at radius 2 is 1.80 bits per heavy atom. The molecular formula is C24H32N4O2. The third-order valence-electron chi connectivity index (χ3n) is 6.10. The van der Waals surface area contributed by atoms with Gasteiger partial charge in [-0.25, -0.2) is 9.78 Å². The number of carboxylic acid groups (broad SMARTS) is 1. The fourth-order valence-corrected chi connectivity index (χ4v) is 4.28. The monoisotopic (exact) mass is 408 g/mol. The molecule has 2 N–H and O–H groups in total. The lowest BCUT2D eigenvalue weighted by atomic mass is 10.1. The molecule has 2 aromatic rings. The van der Waals surface area contributed by atoms with Gasteiger partial charge < -0.3 is 15.3 Å². The summed E-state index contributed by atoms with van der Waals surface area (Å²) in [4.78, 5) is 20.9. The first-order valence-electron chi connectivity index (χ1n) is 11.0. The summed E-state index contributed by atoms with van der Waals surface area (Å²) >= 11 is 0. The number of pyridine rings is 1. The maximum Gasteiger partial charge on any atom is 0.337 e. The molecule has 0 amide bonds. The third-order valence-corrected chi connectivity index (χ3v) is 6.10. The van der Waals surface area contributed by atoms with E-state index < -0.39 is 5.97 Å². The second-order valence-electron chi connectivity index (χ2n) is 8.81. The molecule has 4 rings (SSSR count). The van der Waals surface area contributed by atoms with Crippen molar-refractivity contribution < 1.29 is 9.90 Å². The van der Waals surface area contributed by atoms with Crippen molar-refractivity contribution in [2.45, 2.75) is 39.7 Å². The Morgan fingerprint density at radius 3 is 2.43 bits per heavy atom. The lowest BCUT2D eigenvalue weighted by molar-refractivity contribution is 0.0696. The summed E-state index contributed by atoms with van der Waals surface area (Å²) in [7, 11) is 0. The zero-order valence-corrected chi connectivity index (χ0v) is 18.0. The van der Waals surface area contributed by atoms with E-state index in [0.717, 1.165) is 43.6 Å². The maximum absolute atomic E-state index is 11.5. The first-order chi connectivity index (χ1) is 14.5. The average molecular weight is 409 g/mol. The van der Waals surface area contributed by atoms with E-state index in [9.17, 15) is 9.90 Å². The lowest BCUT2D eigenvalue weighted by Crippen LogP contribution is -2.47. The standard InChI is InChI=1S/C24H32N4O2/c1-17-11-18(2)13-20(12-17)15-25-22-14-21(24(29)30)16-26-23(22)28-9-7-27(8-10-28)6-5-19-3-4-19/h11-14,16,19,25H,3-10,15H2,1-2H3,(H,29,30). The molecular weight excluding hydrogens is 376 g/mol. The number of aryl methyl sites for hydroxylation is 2. The molecule has 2 aliphatic rings. The Bertz CT molecular complexity index is 882. The normalized spacial score (nSPS) is 17.2. The molecule has 0 radical (unpaired) electrons. The Labute approximate surface area is 178 Å². The summed E-state index contributed by atoms with van der Waals surface area (Å²) in [6, 6.07) is 8.19. The second kappa shape index (κ2) is 9.04. The largest absolute Gasteiger partial charge is 0.478 e. The van der Waals surface area contributed by atoms with Crippen molar-refractivity contribution >= 4 is 17.5 Å². The van der Waals surface area contributed by atoms with Gasteiger partial charge >= 0.3 is 5.97 Å². The van der Waals surface area contributed by atoms with Crippen molar-refractivity contribution in [3.05, 3.63) is 52.7 Å². The summed E-state index contributed by atoms with van der Waals surface area (Å²) in [5.41, 5.74) is 4.65. The molecule has 1 saturated heterocycles. The van der Waals surface area contributed by atoms with E-state index in [0.29, 0.717) is 6.54 Å².